The number of hydrogen-bond acceptors (Lipinski definition) is 1. The summed E-state index contributed by atoms with van der Waals surface area (Å²) in [4.78, 5) is 13.8. The van der Waals surface area contributed by atoms with E-state index >= 15 is 0 Å². The van der Waals surface area contributed by atoms with Crippen LogP contribution in [0.1, 0.15) is 57.2 Å². The van der Waals surface area contributed by atoms with Gasteiger partial charge in [-0.15, -0.1) is 0 Å². The molecule has 0 N–H and O–H groups in total. The lowest BCUT2D eigenvalue weighted by Gasteiger charge is -2.40. The van der Waals surface area contributed by atoms with Gasteiger partial charge in [-0.2, -0.15) is 0 Å². The van der Waals surface area contributed by atoms with Crippen LogP contribution >= 0.6 is 0 Å². The Morgan fingerprint density at radius 2 is 2.06 bits per heavy atom. The highest BCUT2D eigenvalue weighted by Crippen LogP contribution is 2.43. The van der Waals surface area contributed by atoms with E-state index in [1.807, 2.05) is 18.9 Å². The van der Waals surface area contributed by atoms with Crippen LogP contribution in [-0.2, 0) is 10.2 Å². The fourth-order valence-corrected chi connectivity index (χ4v) is 3.02. The van der Waals surface area contributed by atoms with Crippen LogP contribution in [0.5, 0.6) is 0 Å². The molecule has 1 aromatic carbocycles. The Morgan fingerprint density at radius 1 is 1.39 bits per heavy atom. The number of amides is 1. The van der Waals surface area contributed by atoms with Crippen LogP contribution in [0.4, 0.5) is 0 Å². The van der Waals surface area contributed by atoms with E-state index in [9.17, 15) is 4.79 Å². The summed E-state index contributed by atoms with van der Waals surface area (Å²) in [5, 5.41) is 0. The highest BCUT2D eigenvalue weighted by atomic mass is 16.2. The Kier molecular flexibility index (Phi) is 3.47. The number of hydrogen-bond donors (Lipinski definition) is 0. The van der Waals surface area contributed by atoms with Crippen molar-refractivity contribution >= 4 is 5.91 Å². The second-order valence-corrected chi connectivity index (χ2v) is 5.88. The van der Waals surface area contributed by atoms with Crippen molar-refractivity contribution < 1.29 is 4.79 Å². The van der Waals surface area contributed by atoms with Crippen molar-refractivity contribution in [3.05, 3.63) is 35.4 Å². The first-order valence-electron chi connectivity index (χ1n) is 6.82. The first-order chi connectivity index (χ1) is 8.47. The maximum atomic E-state index is 11.9. The summed E-state index contributed by atoms with van der Waals surface area (Å²) in [6.45, 7) is 6.52. The molecule has 0 radical (unpaired) electrons. The van der Waals surface area contributed by atoms with Crippen molar-refractivity contribution in [3.8, 4) is 0 Å². The second kappa shape index (κ2) is 4.75. The fourth-order valence-electron chi connectivity index (χ4n) is 3.02. The largest absolute Gasteiger partial charge is 0.339 e. The SMILES string of the molecule is CCC(=O)N(C)[C@@H]1CCC(C)(C)c2ccccc21. The first kappa shape index (κ1) is 13.1. The number of carbonyl (C=O) groups is 1. The molecule has 98 valence electrons. The van der Waals surface area contributed by atoms with E-state index < -0.39 is 0 Å². The predicted octanol–water partition coefficient (Wildman–Crippen LogP) is 3.67. The Labute approximate surface area is 110 Å². The molecular weight excluding hydrogens is 222 g/mol. The Morgan fingerprint density at radius 3 is 2.72 bits per heavy atom. The predicted molar refractivity (Wildman–Crippen MR) is 74.5 cm³/mol. The zero-order chi connectivity index (χ0) is 13.3. The third-order valence-corrected chi connectivity index (χ3v) is 4.26. The van der Waals surface area contributed by atoms with Gasteiger partial charge in [-0.05, 0) is 29.4 Å². The molecule has 0 saturated carbocycles. The number of benzene rings is 1. The van der Waals surface area contributed by atoms with E-state index in [1.165, 1.54) is 11.1 Å². The second-order valence-electron chi connectivity index (χ2n) is 5.88. The summed E-state index contributed by atoms with van der Waals surface area (Å²) in [6, 6.07) is 8.83. The zero-order valence-electron chi connectivity index (χ0n) is 11.9. The molecule has 1 aliphatic carbocycles. The van der Waals surface area contributed by atoms with Crippen LogP contribution in [0.3, 0.4) is 0 Å². The van der Waals surface area contributed by atoms with Gasteiger partial charge in [0.15, 0.2) is 0 Å². The number of fused-ring (bicyclic) bond motifs is 1. The Balaban J connectivity index is 2.40. The summed E-state index contributed by atoms with van der Waals surface area (Å²) >= 11 is 0. The summed E-state index contributed by atoms with van der Waals surface area (Å²) in [7, 11) is 1.94. The third kappa shape index (κ3) is 2.16. The van der Waals surface area contributed by atoms with Crippen LogP contribution in [0.15, 0.2) is 24.3 Å². The van der Waals surface area contributed by atoms with E-state index in [0.717, 1.165) is 12.8 Å². The molecule has 0 aliphatic heterocycles. The molecule has 2 heteroatoms. The van der Waals surface area contributed by atoms with Crippen molar-refractivity contribution in [2.24, 2.45) is 0 Å². The molecule has 0 unspecified atom stereocenters. The monoisotopic (exact) mass is 245 g/mol. The Bertz CT molecular complexity index is 450. The minimum atomic E-state index is 0.225. The van der Waals surface area contributed by atoms with Crippen LogP contribution in [0.2, 0.25) is 0 Å². The van der Waals surface area contributed by atoms with Crippen LogP contribution in [0, 0.1) is 0 Å². The quantitative estimate of drug-likeness (QED) is 0.778. The topological polar surface area (TPSA) is 20.3 Å². The van der Waals surface area contributed by atoms with E-state index in [0.29, 0.717) is 6.42 Å². The molecule has 0 heterocycles. The van der Waals surface area contributed by atoms with Crippen molar-refractivity contribution in [1.82, 2.24) is 4.90 Å². The van der Waals surface area contributed by atoms with Gasteiger partial charge in [0.1, 0.15) is 0 Å². The highest BCUT2D eigenvalue weighted by molar-refractivity contribution is 5.76. The molecule has 1 amide bonds. The standard InChI is InChI=1S/C16H23NO/c1-5-15(18)17(4)14-10-11-16(2,3)13-9-7-6-8-12(13)14/h6-9,14H,5,10-11H2,1-4H3/t14-/m1/s1. The van der Waals surface area contributed by atoms with Crippen LogP contribution in [-0.4, -0.2) is 17.9 Å². The van der Waals surface area contributed by atoms with E-state index in [4.69, 9.17) is 0 Å². The van der Waals surface area contributed by atoms with E-state index in [1.54, 1.807) is 0 Å². The molecule has 0 fully saturated rings. The molecule has 2 rings (SSSR count). The smallest absolute Gasteiger partial charge is 0.222 e. The molecule has 0 spiro atoms. The zero-order valence-corrected chi connectivity index (χ0v) is 11.9. The summed E-state index contributed by atoms with van der Waals surface area (Å²) < 4.78 is 0. The third-order valence-electron chi connectivity index (χ3n) is 4.26. The molecule has 1 aliphatic rings. The molecular formula is C16H23NO. The van der Waals surface area contributed by atoms with Crippen LogP contribution < -0.4 is 0 Å². The Hall–Kier alpha value is -1.31. The lowest BCUT2D eigenvalue weighted by Crippen LogP contribution is -2.36. The van der Waals surface area contributed by atoms with Gasteiger partial charge in [-0.1, -0.05) is 45.0 Å². The molecule has 2 nitrogen and oxygen atoms in total. The van der Waals surface area contributed by atoms with Crippen molar-refractivity contribution in [1.29, 1.82) is 0 Å². The van der Waals surface area contributed by atoms with E-state index in [2.05, 4.69) is 38.1 Å². The first-order valence-corrected chi connectivity index (χ1v) is 6.82. The number of rotatable bonds is 2. The molecule has 1 aromatic rings. The van der Waals surface area contributed by atoms with Gasteiger partial charge in [0, 0.05) is 13.5 Å². The lowest BCUT2D eigenvalue weighted by molar-refractivity contribution is -0.132. The van der Waals surface area contributed by atoms with Crippen molar-refractivity contribution in [2.45, 2.75) is 51.5 Å². The average molecular weight is 245 g/mol. The molecule has 0 saturated heterocycles. The normalized spacial score (nSPS) is 21.2. The maximum absolute atomic E-state index is 11.9. The fraction of sp³-hybridized carbons (Fsp3) is 0.562. The summed E-state index contributed by atoms with van der Waals surface area (Å²) in [5.41, 5.74) is 2.96. The van der Waals surface area contributed by atoms with Gasteiger partial charge in [0.2, 0.25) is 5.91 Å². The molecule has 18 heavy (non-hydrogen) atoms. The minimum Gasteiger partial charge on any atom is -0.339 e. The van der Waals surface area contributed by atoms with Gasteiger partial charge >= 0.3 is 0 Å². The van der Waals surface area contributed by atoms with Crippen molar-refractivity contribution in [2.75, 3.05) is 7.05 Å². The van der Waals surface area contributed by atoms with Crippen molar-refractivity contribution in [3.63, 3.8) is 0 Å². The van der Waals surface area contributed by atoms with Crippen LogP contribution in [0.25, 0.3) is 0 Å². The lowest BCUT2D eigenvalue weighted by atomic mass is 9.70. The minimum absolute atomic E-state index is 0.225. The average Bonchev–Trinajstić information content (AvgIpc) is 2.37. The molecule has 0 bridgehead atoms. The summed E-state index contributed by atoms with van der Waals surface area (Å²) in [5.74, 6) is 0.231. The van der Waals surface area contributed by atoms with Gasteiger partial charge in [-0.3, -0.25) is 4.79 Å². The highest BCUT2D eigenvalue weighted by Gasteiger charge is 2.34. The van der Waals surface area contributed by atoms with E-state index in [-0.39, 0.29) is 17.4 Å². The molecule has 1 atom stereocenters. The molecule has 0 aromatic heterocycles. The van der Waals surface area contributed by atoms with Gasteiger partial charge in [0.05, 0.1) is 6.04 Å². The van der Waals surface area contributed by atoms with Gasteiger partial charge in [0.25, 0.3) is 0 Å². The van der Waals surface area contributed by atoms with Gasteiger partial charge < -0.3 is 4.90 Å². The summed E-state index contributed by atoms with van der Waals surface area (Å²) in [6.07, 6.45) is 2.78. The number of nitrogens with zero attached hydrogens (tertiary/aromatic N) is 1. The van der Waals surface area contributed by atoms with Gasteiger partial charge in [-0.25, -0.2) is 0 Å². The number of carbonyl (C=O) groups excluding carboxylic acids is 1. The maximum Gasteiger partial charge on any atom is 0.222 e.